The second-order valence-corrected chi connectivity index (χ2v) is 8.11. The zero-order valence-corrected chi connectivity index (χ0v) is 21.1. The van der Waals surface area contributed by atoms with E-state index in [0.29, 0.717) is 0 Å². The zero-order valence-electron chi connectivity index (χ0n) is 21.1. The van der Waals surface area contributed by atoms with Crippen LogP contribution in [-0.2, 0) is 11.8 Å². The molecule has 0 saturated carbocycles. The second-order valence-electron chi connectivity index (χ2n) is 8.11. The van der Waals surface area contributed by atoms with Gasteiger partial charge in [0.25, 0.3) is 11.5 Å². The average Bonchev–Trinajstić information content (AvgIpc) is 3.16. The summed E-state index contributed by atoms with van der Waals surface area (Å²) in [7, 11) is 3.66. The lowest BCUT2D eigenvalue weighted by Gasteiger charge is -2.13. The van der Waals surface area contributed by atoms with Gasteiger partial charge in [0.2, 0.25) is 0 Å². The SMILES string of the molecule is COC(=O)c1cncc(-n2c(=O)c(NC(=O)c3ccc(OC(F)F)cc3)c(-c3c(F)cc(OC)cc3F)n2C)c1. The number of esters is 1. The van der Waals surface area contributed by atoms with Crippen molar-refractivity contribution in [3.63, 3.8) is 0 Å². The Hall–Kier alpha value is -5.14. The summed E-state index contributed by atoms with van der Waals surface area (Å²) in [6, 6.07) is 7.59. The number of aromatic nitrogens is 3. The number of hydrogen-bond acceptors (Lipinski definition) is 7. The number of halogens is 4. The van der Waals surface area contributed by atoms with Gasteiger partial charge in [-0.1, -0.05) is 0 Å². The summed E-state index contributed by atoms with van der Waals surface area (Å²) in [5, 5.41) is 2.36. The Balaban J connectivity index is 1.89. The number of rotatable bonds is 8. The Bertz CT molecular complexity index is 1630. The molecule has 0 spiro atoms. The molecule has 4 aromatic rings. The third kappa shape index (κ3) is 5.36. The van der Waals surface area contributed by atoms with Crippen LogP contribution in [0.2, 0.25) is 0 Å². The van der Waals surface area contributed by atoms with Gasteiger partial charge in [0.15, 0.2) is 0 Å². The monoisotopic (exact) mass is 560 g/mol. The molecule has 0 atom stereocenters. The molecule has 40 heavy (non-hydrogen) atoms. The molecule has 0 unspecified atom stereocenters. The summed E-state index contributed by atoms with van der Waals surface area (Å²) >= 11 is 0. The van der Waals surface area contributed by atoms with Crippen molar-refractivity contribution in [3.8, 4) is 28.4 Å². The van der Waals surface area contributed by atoms with Crippen LogP contribution in [0.15, 0.2) is 59.7 Å². The highest BCUT2D eigenvalue weighted by Crippen LogP contribution is 2.34. The molecule has 0 aliphatic rings. The van der Waals surface area contributed by atoms with E-state index < -0.39 is 46.9 Å². The lowest BCUT2D eigenvalue weighted by atomic mass is 10.1. The number of nitrogens with one attached hydrogen (secondary N) is 1. The standard InChI is InChI=1S/C26H20F4N4O6/c1-33-22(20-18(27)9-17(38-2)10-19(20)28)21(32-23(35)13-4-6-16(7-5-13)40-26(29)30)24(36)34(33)15-8-14(11-31-12-15)25(37)39-3/h4-12,26H,1-3H3,(H,32,35). The van der Waals surface area contributed by atoms with Crippen LogP contribution in [0, 0.1) is 11.6 Å². The number of nitrogens with zero attached hydrogens (tertiary/aromatic N) is 3. The molecule has 0 fully saturated rings. The second kappa shape index (κ2) is 11.3. The quantitative estimate of drug-likeness (QED) is 0.254. The number of ether oxygens (including phenoxy) is 3. The predicted octanol–water partition coefficient (Wildman–Crippen LogP) is 4.17. The molecular weight excluding hydrogens is 540 g/mol. The Kier molecular flexibility index (Phi) is 7.88. The molecule has 0 aliphatic heterocycles. The van der Waals surface area contributed by atoms with Crippen LogP contribution in [0.5, 0.6) is 11.5 Å². The lowest BCUT2D eigenvalue weighted by molar-refractivity contribution is -0.0498. The number of pyridine rings is 1. The molecule has 2 aromatic heterocycles. The molecule has 1 amide bonds. The fourth-order valence-corrected chi connectivity index (χ4v) is 3.94. The van der Waals surface area contributed by atoms with Gasteiger partial charge in [-0.05, 0) is 30.3 Å². The van der Waals surface area contributed by atoms with Gasteiger partial charge in [-0.15, -0.1) is 0 Å². The summed E-state index contributed by atoms with van der Waals surface area (Å²) in [5.74, 6) is -4.19. The van der Waals surface area contributed by atoms with Gasteiger partial charge in [-0.3, -0.25) is 19.3 Å². The first kappa shape index (κ1) is 27.9. The van der Waals surface area contributed by atoms with Crippen LogP contribution < -0.4 is 20.3 Å². The smallest absolute Gasteiger partial charge is 0.387 e. The molecule has 0 aliphatic carbocycles. The maximum atomic E-state index is 15.2. The molecule has 4 rings (SSSR count). The van der Waals surface area contributed by atoms with Crippen LogP contribution in [-0.4, -0.2) is 47.1 Å². The van der Waals surface area contributed by atoms with E-state index in [4.69, 9.17) is 4.74 Å². The highest BCUT2D eigenvalue weighted by molar-refractivity contribution is 6.06. The Morgan fingerprint density at radius 3 is 2.17 bits per heavy atom. The molecule has 208 valence electrons. The first-order chi connectivity index (χ1) is 19.0. The predicted molar refractivity (Wildman–Crippen MR) is 133 cm³/mol. The number of methoxy groups -OCH3 is 2. The van der Waals surface area contributed by atoms with E-state index >= 15 is 8.78 Å². The maximum Gasteiger partial charge on any atom is 0.387 e. The fourth-order valence-electron chi connectivity index (χ4n) is 3.94. The minimum Gasteiger partial charge on any atom is -0.497 e. The Morgan fingerprint density at radius 1 is 0.950 bits per heavy atom. The summed E-state index contributed by atoms with van der Waals surface area (Å²) < 4.78 is 71.2. The highest BCUT2D eigenvalue weighted by Gasteiger charge is 2.28. The average molecular weight is 560 g/mol. The topological polar surface area (TPSA) is 114 Å². The molecule has 0 saturated heterocycles. The van der Waals surface area contributed by atoms with Crippen molar-refractivity contribution in [2.24, 2.45) is 7.05 Å². The number of carbonyl (C=O) groups is 2. The van der Waals surface area contributed by atoms with E-state index in [1.54, 1.807) is 0 Å². The van der Waals surface area contributed by atoms with Crippen molar-refractivity contribution in [2.75, 3.05) is 19.5 Å². The number of carbonyl (C=O) groups excluding carboxylic acids is 2. The normalized spacial score (nSPS) is 10.9. The molecule has 2 aromatic carbocycles. The number of benzene rings is 2. The van der Waals surface area contributed by atoms with E-state index in [0.717, 1.165) is 52.9 Å². The van der Waals surface area contributed by atoms with Crippen molar-refractivity contribution in [1.82, 2.24) is 14.3 Å². The van der Waals surface area contributed by atoms with E-state index in [1.165, 1.54) is 32.6 Å². The Morgan fingerprint density at radius 2 is 1.60 bits per heavy atom. The molecule has 10 nitrogen and oxygen atoms in total. The molecule has 0 bridgehead atoms. The van der Waals surface area contributed by atoms with Gasteiger partial charge in [0.05, 0.1) is 37.2 Å². The zero-order chi connectivity index (χ0) is 29.1. The molecular formula is C26H20F4N4O6. The highest BCUT2D eigenvalue weighted by atomic mass is 19.3. The van der Waals surface area contributed by atoms with E-state index in [1.807, 2.05) is 0 Å². The van der Waals surface area contributed by atoms with Crippen molar-refractivity contribution in [2.45, 2.75) is 6.61 Å². The van der Waals surface area contributed by atoms with Gasteiger partial charge in [-0.25, -0.2) is 18.3 Å². The molecule has 0 radical (unpaired) electrons. The molecule has 1 N–H and O–H groups in total. The molecule has 2 heterocycles. The van der Waals surface area contributed by atoms with Crippen molar-refractivity contribution < 1.29 is 41.4 Å². The molecule has 14 heteroatoms. The van der Waals surface area contributed by atoms with Gasteiger partial charge in [0.1, 0.15) is 34.5 Å². The van der Waals surface area contributed by atoms with Crippen LogP contribution >= 0.6 is 0 Å². The lowest BCUT2D eigenvalue weighted by Crippen LogP contribution is -2.23. The van der Waals surface area contributed by atoms with Crippen molar-refractivity contribution in [3.05, 3.63) is 88.0 Å². The summed E-state index contributed by atoms with van der Waals surface area (Å²) in [6.07, 6.45) is 2.41. The van der Waals surface area contributed by atoms with E-state index in [-0.39, 0.29) is 34.0 Å². The van der Waals surface area contributed by atoms with E-state index in [2.05, 4.69) is 19.8 Å². The summed E-state index contributed by atoms with van der Waals surface area (Å²) in [5.41, 5.74) is -2.56. The van der Waals surface area contributed by atoms with E-state index in [9.17, 15) is 23.2 Å². The van der Waals surface area contributed by atoms with Gasteiger partial charge < -0.3 is 19.5 Å². The van der Waals surface area contributed by atoms with Crippen LogP contribution in [0.3, 0.4) is 0 Å². The van der Waals surface area contributed by atoms with Crippen LogP contribution in [0.4, 0.5) is 23.2 Å². The van der Waals surface area contributed by atoms with Crippen LogP contribution in [0.25, 0.3) is 16.9 Å². The number of amides is 1. The minimum absolute atomic E-state index is 0.0139. The fraction of sp³-hybridized carbons (Fsp3) is 0.154. The van der Waals surface area contributed by atoms with Gasteiger partial charge >= 0.3 is 12.6 Å². The number of alkyl halides is 2. The summed E-state index contributed by atoms with van der Waals surface area (Å²) in [4.78, 5) is 42.6. The first-order valence-electron chi connectivity index (χ1n) is 11.3. The van der Waals surface area contributed by atoms with Crippen molar-refractivity contribution in [1.29, 1.82) is 0 Å². The largest absolute Gasteiger partial charge is 0.497 e. The number of anilines is 1. The van der Waals surface area contributed by atoms with Crippen molar-refractivity contribution >= 4 is 17.6 Å². The Labute approximate surface area is 223 Å². The summed E-state index contributed by atoms with van der Waals surface area (Å²) in [6.45, 7) is -3.08. The number of hydrogen-bond donors (Lipinski definition) is 1. The first-order valence-corrected chi connectivity index (χ1v) is 11.3. The third-order valence-electron chi connectivity index (χ3n) is 5.72. The third-order valence-corrected chi connectivity index (χ3v) is 5.72. The minimum atomic E-state index is -3.08. The maximum absolute atomic E-state index is 15.2. The van der Waals surface area contributed by atoms with Gasteiger partial charge in [-0.2, -0.15) is 8.78 Å². The van der Waals surface area contributed by atoms with Crippen LogP contribution in [0.1, 0.15) is 20.7 Å². The van der Waals surface area contributed by atoms with Gasteiger partial charge in [0, 0.05) is 30.9 Å².